The molecular formula is C54H84ClN15O14. The number of hydrogen-bond donors (Lipinski definition) is 17. The first-order valence-corrected chi connectivity index (χ1v) is 28.1. The van der Waals surface area contributed by atoms with Gasteiger partial charge >= 0.3 is 12.0 Å². The summed E-state index contributed by atoms with van der Waals surface area (Å²) in [6.45, 7) is 7.99. The number of ether oxygens (including phenoxy) is 1. The molecule has 0 aliphatic carbocycles. The minimum Gasteiger partial charge on any atom is -0.459 e. The zero-order chi connectivity index (χ0) is 62.8. The summed E-state index contributed by atoms with van der Waals surface area (Å²) >= 11 is 6.28. The molecule has 0 aromatic heterocycles. The number of nitrogens with one attached hydrogen (secondary N) is 11. The van der Waals surface area contributed by atoms with Gasteiger partial charge in [0.15, 0.2) is 0 Å². The van der Waals surface area contributed by atoms with Crippen molar-refractivity contribution in [2.75, 3.05) is 38.0 Å². The van der Waals surface area contributed by atoms with Crippen LogP contribution in [0.5, 0.6) is 0 Å². The molecule has 11 atom stereocenters. The van der Waals surface area contributed by atoms with Gasteiger partial charge in [-0.3, -0.25) is 43.2 Å². The molecule has 2 aromatic rings. The van der Waals surface area contributed by atoms with Crippen molar-refractivity contribution in [1.82, 2.24) is 53.2 Å². The van der Waals surface area contributed by atoms with Crippen molar-refractivity contribution < 1.29 is 67.7 Å². The number of carbonyl (C=O) groups excluding carboxylic acids is 11. The van der Waals surface area contributed by atoms with E-state index in [9.17, 15) is 63.0 Å². The molecule has 466 valence electrons. The first kappa shape index (κ1) is 70.7. The minimum atomic E-state index is -1.76. The number of anilines is 1. The number of benzene rings is 2. The molecule has 0 radical (unpaired) electrons. The van der Waals surface area contributed by atoms with Gasteiger partial charge in [0.1, 0.15) is 54.4 Å². The predicted octanol–water partition coefficient (Wildman–Crippen LogP) is -3.76. The van der Waals surface area contributed by atoms with E-state index in [1.54, 1.807) is 58.0 Å². The molecule has 1 aliphatic heterocycles. The van der Waals surface area contributed by atoms with Crippen LogP contribution in [0, 0.1) is 5.92 Å². The van der Waals surface area contributed by atoms with Crippen LogP contribution in [-0.2, 0) is 54.3 Å². The molecule has 21 N–H and O–H groups in total. The van der Waals surface area contributed by atoms with Gasteiger partial charge in [-0.25, -0.2) is 9.59 Å². The second-order valence-electron chi connectivity index (χ2n) is 20.8. The van der Waals surface area contributed by atoms with Gasteiger partial charge in [0, 0.05) is 13.0 Å². The molecule has 1 heterocycles. The van der Waals surface area contributed by atoms with E-state index in [0.29, 0.717) is 5.56 Å². The number of urea groups is 1. The van der Waals surface area contributed by atoms with Gasteiger partial charge in [-0.05, 0) is 122 Å². The van der Waals surface area contributed by atoms with Crippen molar-refractivity contribution in [2.24, 2.45) is 28.9 Å². The lowest BCUT2D eigenvalue weighted by Gasteiger charge is -2.28. The van der Waals surface area contributed by atoms with Crippen molar-refractivity contribution in [1.29, 1.82) is 0 Å². The Balaban J connectivity index is 2.08. The third kappa shape index (κ3) is 23.3. The quantitative estimate of drug-likeness (QED) is 0.0504. The summed E-state index contributed by atoms with van der Waals surface area (Å²) in [6.07, 6.45) is -5.07. The molecule has 11 amide bonds. The molecule has 0 unspecified atom stereocenters. The fraction of sp³-hybridized carbons (Fsp3) is 0.574. The summed E-state index contributed by atoms with van der Waals surface area (Å²) in [5.41, 5.74) is 24.1. The molecule has 29 nitrogen and oxygen atoms in total. The van der Waals surface area contributed by atoms with Crippen LogP contribution < -0.4 is 81.4 Å². The molecule has 2 aromatic carbocycles. The fourth-order valence-electron chi connectivity index (χ4n) is 8.51. The molecule has 3 rings (SSSR count). The van der Waals surface area contributed by atoms with Crippen LogP contribution >= 0.6 is 11.6 Å². The third-order valence-corrected chi connectivity index (χ3v) is 13.2. The van der Waals surface area contributed by atoms with E-state index in [2.05, 4.69) is 58.5 Å². The van der Waals surface area contributed by atoms with Gasteiger partial charge < -0.3 is 96.4 Å². The van der Waals surface area contributed by atoms with Gasteiger partial charge in [-0.2, -0.15) is 0 Å². The highest BCUT2D eigenvalue weighted by molar-refractivity contribution is 6.33. The maximum atomic E-state index is 14.5. The summed E-state index contributed by atoms with van der Waals surface area (Å²) in [5, 5.41) is 49.0. The van der Waals surface area contributed by atoms with Gasteiger partial charge in [-0.15, -0.1) is 0 Å². The lowest BCUT2D eigenvalue weighted by atomic mass is 10.00. The number of aliphatic hydroxyl groups excluding tert-OH is 2. The number of esters is 1. The fourth-order valence-corrected chi connectivity index (χ4v) is 8.68. The standard InChI is InChI=1S/C54H84ClN15O14/c1-27(2)24-40-49(78)63-34(14-19-56)44(73)62-37(17-22-59)48(77)69-42(29(5)71)51(80)60-23-18-38(47(76)61-35(15-20-57)46(75)67-41(50(79)66-40)25-31-10-8-7-9-11-31)64-45(74)36(16-21-58)65-52(81)43(30(6)72)70-54(83)68-39-26-32(12-13-33(39)55)53(82)84-28(3)4/h7-13,26-30,34-38,40-43,71-72H,14-25,56-59H2,1-6H3,(H,60,80)(H,61,76)(H,62,73)(H,63,78)(H,64,74)(H,65,81)(H,66,79)(H,67,75)(H,69,77)(H2,68,70,83)/t29-,30+,34+,35+,36+,37+,38+,40+,41-,42+,43+/m1/s1. The lowest BCUT2D eigenvalue weighted by Crippen LogP contribution is -2.61. The van der Waals surface area contributed by atoms with Crippen molar-refractivity contribution in [2.45, 2.75) is 159 Å². The monoisotopic (exact) mass is 1200 g/mol. The molecule has 0 spiro atoms. The van der Waals surface area contributed by atoms with E-state index in [1.165, 1.54) is 32.0 Å². The van der Waals surface area contributed by atoms with E-state index in [-0.39, 0.29) is 86.9 Å². The normalized spacial score (nSPS) is 22.2. The van der Waals surface area contributed by atoms with Gasteiger partial charge in [0.05, 0.1) is 34.6 Å². The molecule has 84 heavy (non-hydrogen) atoms. The Morgan fingerprint density at radius 2 is 1.17 bits per heavy atom. The van der Waals surface area contributed by atoms with E-state index in [0.717, 1.165) is 0 Å². The summed E-state index contributed by atoms with van der Waals surface area (Å²) in [4.78, 5) is 153. The highest BCUT2D eigenvalue weighted by Crippen LogP contribution is 2.24. The average Bonchev–Trinajstić information content (AvgIpc) is 3.60. The zero-order valence-corrected chi connectivity index (χ0v) is 48.8. The van der Waals surface area contributed by atoms with E-state index in [1.807, 2.05) is 0 Å². The van der Waals surface area contributed by atoms with Crippen molar-refractivity contribution in [3.05, 3.63) is 64.7 Å². The molecule has 0 saturated carbocycles. The number of carbonyl (C=O) groups is 11. The second-order valence-corrected chi connectivity index (χ2v) is 21.2. The minimum absolute atomic E-state index is 0.00459. The molecule has 1 aliphatic rings. The third-order valence-electron chi connectivity index (χ3n) is 12.9. The number of aliphatic hydroxyl groups is 2. The van der Waals surface area contributed by atoms with Crippen molar-refractivity contribution in [3.8, 4) is 0 Å². The first-order chi connectivity index (χ1) is 39.7. The molecule has 30 heteroatoms. The van der Waals surface area contributed by atoms with Crippen LogP contribution in [0.2, 0.25) is 5.02 Å². The second kappa shape index (κ2) is 35.6. The van der Waals surface area contributed by atoms with Crippen LogP contribution in [0.4, 0.5) is 10.5 Å². The van der Waals surface area contributed by atoms with Crippen LogP contribution in [0.3, 0.4) is 0 Å². The number of rotatable bonds is 22. The maximum absolute atomic E-state index is 14.5. The van der Waals surface area contributed by atoms with Crippen LogP contribution in [0.1, 0.15) is 96.0 Å². The van der Waals surface area contributed by atoms with Gasteiger partial charge in [0.25, 0.3) is 0 Å². The molecule has 0 bridgehead atoms. The number of hydrogen-bond acceptors (Lipinski definition) is 18. The van der Waals surface area contributed by atoms with E-state index >= 15 is 0 Å². The zero-order valence-electron chi connectivity index (χ0n) is 48.1. The van der Waals surface area contributed by atoms with Gasteiger partial charge in [-0.1, -0.05) is 55.8 Å². The van der Waals surface area contributed by atoms with Crippen LogP contribution in [0.15, 0.2) is 48.5 Å². The molecule has 1 fully saturated rings. The van der Waals surface area contributed by atoms with Gasteiger partial charge in [0.2, 0.25) is 53.2 Å². The summed E-state index contributed by atoms with van der Waals surface area (Å²) in [6, 6.07) is -2.39. The number of halogens is 1. The summed E-state index contributed by atoms with van der Waals surface area (Å²) < 4.78 is 5.20. The van der Waals surface area contributed by atoms with Crippen molar-refractivity contribution >= 4 is 82.5 Å². The average molecular weight is 1200 g/mol. The predicted molar refractivity (Wildman–Crippen MR) is 309 cm³/mol. The number of amides is 11. The van der Waals surface area contributed by atoms with Crippen LogP contribution in [-0.4, -0.2) is 181 Å². The molecular weight excluding hydrogens is 1120 g/mol. The Kier molecular flexibility index (Phi) is 29.9. The Morgan fingerprint density at radius 1 is 0.643 bits per heavy atom. The Morgan fingerprint density at radius 3 is 1.69 bits per heavy atom. The Labute approximate surface area is 492 Å². The summed E-state index contributed by atoms with van der Waals surface area (Å²) in [7, 11) is 0. The van der Waals surface area contributed by atoms with E-state index < -0.39 is 151 Å². The maximum Gasteiger partial charge on any atom is 0.338 e. The van der Waals surface area contributed by atoms with Crippen LogP contribution in [0.25, 0.3) is 0 Å². The SMILES string of the molecule is CC(C)C[C@@H]1NC(=O)[C@@H](Cc2ccccc2)NC(=O)[C@H](CCN)NC(=O)[C@@H](NC(=O)[C@H](CCN)NC(=O)[C@@H](NC(=O)Nc2cc(C(=O)OC(C)C)ccc2Cl)[C@H](C)O)CCNC(=O)[C@H]([C@@H](C)O)NC(=O)[C@H](CCN)NC(=O)[C@H](CCN)NC1=O. The molecule has 1 saturated heterocycles. The largest absolute Gasteiger partial charge is 0.459 e. The summed E-state index contributed by atoms with van der Waals surface area (Å²) in [5.74, 6) is -9.55. The van der Waals surface area contributed by atoms with Crippen molar-refractivity contribution in [3.63, 3.8) is 0 Å². The number of nitrogens with two attached hydrogens (primary N) is 4. The Bertz CT molecular complexity index is 2580. The Hall–Kier alpha value is -7.54. The first-order valence-electron chi connectivity index (χ1n) is 27.7. The smallest absolute Gasteiger partial charge is 0.338 e. The lowest BCUT2D eigenvalue weighted by molar-refractivity contribution is -0.136. The highest BCUT2D eigenvalue weighted by Gasteiger charge is 2.37. The topological polar surface area (TPSA) is 474 Å². The highest BCUT2D eigenvalue weighted by atomic mass is 35.5. The van der Waals surface area contributed by atoms with E-state index in [4.69, 9.17) is 39.3 Å².